The molecule has 1 rings (SSSR count). The molecule has 0 fully saturated rings. The number of benzene rings is 1. The average Bonchev–Trinajstić information content (AvgIpc) is 2.14. The van der Waals surface area contributed by atoms with Crippen molar-refractivity contribution in [1.29, 1.82) is 0 Å². The van der Waals surface area contributed by atoms with Crippen LogP contribution in [0.5, 0.6) is 0 Å². The Morgan fingerprint density at radius 1 is 1.21 bits per heavy atom. The maximum atomic E-state index is 12.2. The van der Waals surface area contributed by atoms with Crippen molar-refractivity contribution in [1.82, 2.24) is 0 Å². The second kappa shape index (κ2) is 4.13. The normalized spacial score (nSPS) is 12.7. The van der Waals surface area contributed by atoms with E-state index in [4.69, 9.17) is 0 Å². The molecule has 0 saturated carbocycles. The summed E-state index contributed by atoms with van der Waals surface area (Å²) in [6, 6.07) is 7.82. The second-order valence-corrected chi connectivity index (χ2v) is 2.45. The Bertz CT molecular complexity index is 319. The highest BCUT2D eigenvalue weighted by Crippen LogP contribution is 2.21. The molecule has 1 aromatic rings. The number of halogens is 3. The Hall–Kier alpha value is -1.52. The van der Waals surface area contributed by atoms with Gasteiger partial charge in [0.15, 0.2) is 0 Å². The number of ether oxygens (including phenoxy) is 1. The maximum absolute atomic E-state index is 12.2. The average molecular weight is 203 g/mol. The van der Waals surface area contributed by atoms with Gasteiger partial charge in [-0.05, 0) is 12.1 Å². The summed E-state index contributed by atoms with van der Waals surface area (Å²) in [5.74, 6) is -1.25. The minimum Gasteiger partial charge on any atom is -0.478 e. The van der Waals surface area contributed by atoms with E-state index in [-0.39, 0.29) is 5.69 Å². The Balaban J connectivity index is 2.96. The Morgan fingerprint density at radius 3 is 2.21 bits per heavy atom. The van der Waals surface area contributed by atoms with Crippen LogP contribution in [0.25, 0.3) is 0 Å². The second-order valence-electron chi connectivity index (χ2n) is 2.45. The van der Waals surface area contributed by atoms with Crippen LogP contribution in [0.2, 0.25) is 0 Å². The van der Waals surface area contributed by atoms with Crippen LogP contribution in [-0.4, -0.2) is 19.2 Å². The minimum atomic E-state index is -4.55. The maximum Gasteiger partial charge on any atom is 0.468 e. The number of hydrogen-bond acceptors (Lipinski definition) is 2. The predicted octanol–water partition coefficient (Wildman–Crippen LogP) is 2.93. The zero-order valence-corrected chi connectivity index (χ0v) is 7.38. The first-order valence-electron chi connectivity index (χ1n) is 3.79. The van der Waals surface area contributed by atoms with Gasteiger partial charge < -0.3 is 4.74 Å². The van der Waals surface area contributed by atoms with E-state index >= 15 is 0 Å². The summed E-state index contributed by atoms with van der Waals surface area (Å²) >= 11 is 0. The van der Waals surface area contributed by atoms with Gasteiger partial charge in [0.25, 0.3) is 5.90 Å². The molecule has 2 nitrogen and oxygen atoms in total. The summed E-state index contributed by atoms with van der Waals surface area (Å²) < 4.78 is 40.6. The quantitative estimate of drug-likeness (QED) is 0.508. The van der Waals surface area contributed by atoms with Gasteiger partial charge in [0.05, 0.1) is 12.8 Å². The largest absolute Gasteiger partial charge is 0.478 e. The van der Waals surface area contributed by atoms with E-state index in [9.17, 15) is 13.2 Å². The molecule has 76 valence electrons. The number of hydrogen-bond donors (Lipinski definition) is 0. The molecule has 0 N–H and O–H groups in total. The fraction of sp³-hybridized carbons (Fsp3) is 0.222. The lowest BCUT2D eigenvalue weighted by Crippen LogP contribution is -2.24. The van der Waals surface area contributed by atoms with Crippen LogP contribution >= 0.6 is 0 Å². The van der Waals surface area contributed by atoms with E-state index in [0.29, 0.717) is 0 Å². The minimum absolute atomic E-state index is 0.210. The lowest BCUT2D eigenvalue weighted by Gasteiger charge is -2.07. The first-order chi connectivity index (χ1) is 6.54. The number of nitrogens with zero attached hydrogens (tertiary/aromatic N) is 1. The topological polar surface area (TPSA) is 21.6 Å². The Kier molecular flexibility index (Phi) is 3.11. The first kappa shape index (κ1) is 10.6. The van der Waals surface area contributed by atoms with Gasteiger partial charge >= 0.3 is 6.18 Å². The standard InChI is InChI=1S/C9H8F3NO/c1-14-8(9(10,11)12)13-7-5-3-2-4-6-7/h2-6H,1H3. The van der Waals surface area contributed by atoms with E-state index in [1.807, 2.05) is 0 Å². The highest BCUT2D eigenvalue weighted by Gasteiger charge is 2.37. The molecular weight excluding hydrogens is 195 g/mol. The number of rotatable bonds is 1. The molecule has 0 aromatic heterocycles. The van der Waals surface area contributed by atoms with E-state index in [2.05, 4.69) is 9.73 Å². The number of aliphatic imine (C=N–C) groups is 1. The van der Waals surface area contributed by atoms with E-state index in [1.54, 1.807) is 18.2 Å². The van der Waals surface area contributed by atoms with Crippen LogP contribution in [0.1, 0.15) is 0 Å². The molecule has 1 aromatic carbocycles. The van der Waals surface area contributed by atoms with Crippen molar-refractivity contribution in [2.24, 2.45) is 4.99 Å². The van der Waals surface area contributed by atoms with Gasteiger partial charge in [-0.15, -0.1) is 0 Å². The summed E-state index contributed by atoms with van der Waals surface area (Å²) in [6.45, 7) is 0. The van der Waals surface area contributed by atoms with Crippen LogP contribution in [0.4, 0.5) is 18.9 Å². The van der Waals surface area contributed by atoms with Gasteiger partial charge in [0.2, 0.25) is 0 Å². The monoisotopic (exact) mass is 203 g/mol. The lowest BCUT2D eigenvalue weighted by atomic mass is 10.3. The molecule has 0 unspecified atom stereocenters. The molecule has 0 saturated heterocycles. The highest BCUT2D eigenvalue weighted by atomic mass is 19.4. The van der Waals surface area contributed by atoms with Crippen molar-refractivity contribution >= 4 is 11.6 Å². The molecule has 14 heavy (non-hydrogen) atoms. The molecule has 0 aliphatic heterocycles. The third kappa shape index (κ3) is 2.76. The number of methoxy groups -OCH3 is 1. The zero-order valence-electron chi connectivity index (χ0n) is 7.38. The molecule has 0 radical (unpaired) electrons. The zero-order chi connectivity index (χ0) is 10.6. The summed E-state index contributed by atoms with van der Waals surface area (Å²) in [5, 5.41) is 0. The van der Waals surface area contributed by atoms with Crippen molar-refractivity contribution in [2.75, 3.05) is 7.11 Å². The van der Waals surface area contributed by atoms with Crippen molar-refractivity contribution in [3.8, 4) is 0 Å². The Labute approximate surface area is 79.0 Å². The molecule has 0 amide bonds. The fourth-order valence-electron chi connectivity index (χ4n) is 0.845. The van der Waals surface area contributed by atoms with Gasteiger partial charge in [-0.1, -0.05) is 18.2 Å². The van der Waals surface area contributed by atoms with E-state index in [1.165, 1.54) is 12.1 Å². The van der Waals surface area contributed by atoms with Crippen molar-refractivity contribution in [2.45, 2.75) is 6.18 Å². The summed E-state index contributed by atoms with van der Waals surface area (Å²) in [7, 11) is 0.940. The summed E-state index contributed by atoms with van der Waals surface area (Å²) in [6.07, 6.45) is -4.55. The third-order valence-corrected chi connectivity index (χ3v) is 1.42. The van der Waals surface area contributed by atoms with Crippen molar-refractivity contribution in [3.63, 3.8) is 0 Å². The predicted molar refractivity (Wildman–Crippen MR) is 46.6 cm³/mol. The van der Waals surface area contributed by atoms with Crippen LogP contribution in [0.3, 0.4) is 0 Å². The SMILES string of the molecule is COC(=Nc1ccccc1)C(F)(F)F. The van der Waals surface area contributed by atoms with Gasteiger partial charge in [-0.2, -0.15) is 13.2 Å². The molecule has 0 atom stereocenters. The first-order valence-corrected chi connectivity index (χ1v) is 3.79. The fourth-order valence-corrected chi connectivity index (χ4v) is 0.845. The van der Waals surface area contributed by atoms with Crippen molar-refractivity contribution in [3.05, 3.63) is 30.3 Å². The molecule has 0 bridgehead atoms. The molecule has 0 aliphatic rings. The number of alkyl halides is 3. The van der Waals surface area contributed by atoms with E-state index < -0.39 is 12.1 Å². The molecule has 0 aliphatic carbocycles. The van der Waals surface area contributed by atoms with E-state index in [0.717, 1.165) is 7.11 Å². The smallest absolute Gasteiger partial charge is 0.468 e. The van der Waals surface area contributed by atoms with Gasteiger partial charge in [-0.3, -0.25) is 0 Å². The van der Waals surface area contributed by atoms with Crippen LogP contribution in [0.15, 0.2) is 35.3 Å². The van der Waals surface area contributed by atoms with Crippen LogP contribution < -0.4 is 0 Å². The number of para-hydroxylation sites is 1. The van der Waals surface area contributed by atoms with Crippen molar-refractivity contribution < 1.29 is 17.9 Å². The van der Waals surface area contributed by atoms with Crippen LogP contribution in [-0.2, 0) is 4.74 Å². The van der Waals surface area contributed by atoms with Gasteiger partial charge in [0, 0.05) is 0 Å². The summed E-state index contributed by atoms with van der Waals surface area (Å²) in [5.41, 5.74) is 0.210. The Morgan fingerprint density at radius 2 is 1.79 bits per heavy atom. The lowest BCUT2D eigenvalue weighted by molar-refractivity contribution is -0.0754. The molecule has 0 heterocycles. The van der Waals surface area contributed by atoms with Gasteiger partial charge in [-0.25, -0.2) is 4.99 Å². The van der Waals surface area contributed by atoms with Crippen LogP contribution in [0, 0.1) is 0 Å². The summed E-state index contributed by atoms with van der Waals surface area (Å²) in [4.78, 5) is 3.32. The third-order valence-electron chi connectivity index (χ3n) is 1.42. The van der Waals surface area contributed by atoms with Gasteiger partial charge in [0.1, 0.15) is 0 Å². The molecule has 0 spiro atoms. The molecule has 5 heteroatoms. The highest BCUT2D eigenvalue weighted by molar-refractivity contribution is 5.84. The molecular formula is C9H8F3NO.